The van der Waals surface area contributed by atoms with E-state index in [0.29, 0.717) is 6.61 Å². The molecule has 1 aromatic heterocycles. The Morgan fingerprint density at radius 3 is 3.17 bits per heavy atom. The Bertz CT molecular complexity index is 631. The van der Waals surface area contributed by atoms with Crippen molar-refractivity contribution in [2.75, 3.05) is 33.4 Å². The first-order valence-corrected chi connectivity index (χ1v) is 7.97. The molecule has 6 heteroatoms. The second kappa shape index (κ2) is 7.68. The third kappa shape index (κ3) is 4.16. The van der Waals surface area contributed by atoms with Crippen LogP contribution in [0.1, 0.15) is 17.2 Å². The topological polar surface area (TPSA) is 42.3 Å². The minimum Gasteiger partial charge on any atom is -0.383 e. The van der Waals surface area contributed by atoms with Crippen LogP contribution in [-0.2, 0) is 17.8 Å². The van der Waals surface area contributed by atoms with Crippen LogP contribution in [-0.4, -0.2) is 48.0 Å². The number of hydrogen-bond donors (Lipinski definition) is 1. The van der Waals surface area contributed by atoms with Gasteiger partial charge in [-0.05, 0) is 17.7 Å². The predicted molar refractivity (Wildman–Crippen MR) is 86.5 cm³/mol. The first-order valence-electron chi connectivity index (χ1n) is 7.97. The third-order valence-corrected chi connectivity index (χ3v) is 4.18. The molecule has 1 atom stereocenters. The van der Waals surface area contributed by atoms with Gasteiger partial charge in [-0.1, -0.05) is 12.1 Å². The van der Waals surface area contributed by atoms with Crippen LogP contribution in [0.2, 0.25) is 0 Å². The number of aromatic nitrogens is 2. The monoisotopic (exact) mass is 318 g/mol. The van der Waals surface area contributed by atoms with Gasteiger partial charge in [-0.3, -0.25) is 9.58 Å². The summed E-state index contributed by atoms with van der Waals surface area (Å²) in [6.07, 6.45) is 3.96. The van der Waals surface area contributed by atoms with E-state index in [1.54, 1.807) is 19.2 Å². The second-order valence-electron chi connectivity index (χ2n) is 5.85. The summed E-state index contributed by atoms with van der Waals surface area (Å²) < 4.78 is 20.5. The number of hydrogen-bond acceptors (Lipinski definition) is 4. The summed E-state index contributed by atoms with van der Waals surface area (Å²) in [4.78, 5) is 2.38. The van der Waals surface area contributed by atoms with Crippen molar-refractivity contribution < 1.29 is 9.13 Å². The fourth-order valence-electron chi connectivity index (χ4n) is 3.01. The van der Waals surface area contributed by atoms with Crippen LogP contribution >= 0.6 is 0 Å². The summed E-state index contributed by atoms with van der Waals surface area (Å²) in [7, 11) is 1.69. The van der Waals surface area contributed by atoms with Crippen LogP contribution in [0, 0.1) is 5.82 Å². The Morgan fingerprint density at radius 1 is 1.43 bits per heavy atom. The van der Waals surface area contributed by atoms with Gasteiger partial charge in [0.25, 0.3) is 0 Å². The molecule has 2 heterocycles. The van der Waals surface area contributed by atoms with Crippen LogP contribution in [0.4, 0.5) is 4.39 Å². The number of methoxy groups -OCH3 is 1. The molecule has 5 nitrogen and oxygen atoms in total. The maximum Gasteiger partial charge on any atom is 0.123 e. The van der Waals surface area contributed by atoms with Crippen LogP contribution < -0.4 is 5.32 Å². The zero-order valence-electron chi connectivity index (χ0n) is 13.4. The standard InChI is InChI=1S/C17H23FN4O/c1-23-8-7-22-13-14(10-20-22)12-21-6-5-19-11-17(21)15-3-2-4-16(18)9-15/h2-4,9-10,13,17,19H,5-8,11-12H2,1H3. The second-order valence-corrected chi connectivity index (χ2v) is 5.85. The maximum absolute atomic E-state index is 13.5. The molecule has 0 radical (unpaired) electrons. The minimum absolute atomic E-state index is 0.180. The zero-order chi connectivity index (χ0) is 16.1. The summed E-state index contributed by atoms with van der Waals surface area (Å²) in [6.45, 7) is 4.94. The highest BCUT2D eigenvalue weighted by Crippen LogP contribution is 2.24. The Kier molecular flexibility index (Phi) is 5.38. The van der Waals surface area contributed by atoms with E-state index < -0.39 is 0 Å². The lowest BCUT2D eigenvalue weighted by Gasteiger charge is -2.36. The van der Waals surface area contributed by atoms with Crippen molar-refractivity contribution in [2.24, 2.45) is 0 Å². The van der Waals surface area contributed by atoms with Gasteiger partial charge < -0.3 is 10.1 Å². The highest BCUT2D eigenvalue weighted by atomic mass is 19.1. The van der Waals surface area contributed by atoms with Crippen LogP contribution in [0.5, 0.6) is 0 Å². The quantitative estimate of drug-likeness (QED) is 0.882. The smallest absolute Gasteiger partial charge is 0.123 e. The molecule has 0 amide bonds. The van der Waals surface area contributed by atoms with E-state index in [1.807, 2.05) is 16.9 Å². The fourth-order valence-corrected chi connectivity index (χ4v) is 3.01. The van der Waals surface area contributed by atoms with Crippen molar-refractivity contribution in [2.45, 2.75) is 19.1 Å². The first kappa shape index (κ1) is 16.1. The van der Waals surface area contributed by atoms with Gasteiger partial charge in [0.05, 0.1) is 19.3 Å². The molecule has 0 bridgehead atoms. The van der Waals surface area contributed by atoms with Gasteiger partial charge in [0.2, 0.25) is 0 Å². The summed E-state index contributed by atoms with van der Waals surface area (Å²) >= 11 is 0. The van der Waals surface area contributed by atoms with E-state index >= 15 is 0 Å². The van der Waals surface area contributed by atoms with Crippen LogP contribution in [0.3, 0.4) is 0 Å². The number of nitrogens with one attached hydrogen (secondary N) is 1. The van der Waals surface area contributed by atoms with Crippen molar-refractivity contribution in [3.8, 4) is 0 Å². The molecule has 0 saturated carbocycles. The van der Waals surface area contributed by atoms with E-state index in [4.69, 9.17) is 4.74 Å². The predicted octanol–water partition coefficient (Wildman–Crippen LogP) is 1.82. The van der Waals surface area contributed by atoms with Crippen molar-refractivity contribution in [3.63, 3.8) is 0 Å². The fraction of sp³-hybridized carbons (Fsp3) is 0.471. The van der Waals surface area contributed by atoms with E-state index in [2.05, 4.69) is 21.5 Å². The molecule has 3 rings (SSSR count). The number of piperazine rings is 1. The third-order valence-electron chi connectivity index (χ3n) is 4.18. The number of rotatable bonds is 6. The summed E-state index contributed by atoms with van der Waals surface area (Å²) in [5, 5.41) is 7.77. The molecular formula is C17H23FN4O. The lowest BCUT2D eigenvalue weighted by atomic mass is 10.0. The van der Waals surface area contributed by atoms with Crippen molar-refractivity contribution in [3.05, 3.63) is 53.6 Å². The van der Waals surface area contributed by atoms with Gasteiger partial charge in [-0.15, -0.1) is 0 Å². The Balaban J connectivity index is 1.70. The lowest BCUT2D eigenvalue weighted by Crippen LogP contribution is -2.45. The zero-order valence-corrected chi connectivity index (χ0v) is 13.4. The molecule has 1 aliphatic rings. The molecule has 1 saturated heterocycles. The Morgan fingerprint density at radius 2 is 2.35 bits per heavy atom. The lowest BCUT2D eigenvalue weighted by molar-refractivity contribution is 0.153. The molecule has 0 aliphatic carbocycles. The molecule has 0 spiro atoms. The molecule has 1 aliphatic heterocycles. The molecule has 1 fully saturated rings. The van der Waals surface area contributed by atoms with Crippen molar-refractivity contribution >= 4 is 0 Å². The highest BCUT2D eigenvalue weighted by Gasteiger charge is 2.24. The molecule has 1 aromatic carbocycles. The van der Waals surface area contributed by atoms with Gasteiger partial charge in [0.15, 0.2) is 0 Å². The van der Waals surface area contributed by atoms with Crippen molar-refractivity contribution in [1.82, 2.24) is 20.0 Å². The van der Waals surface area contributed by atoms with E-state index in [1.165, 1.54) is 11.6 Å². The molecule has 1 unspecified atom stereocenters. The highest BCUT2D eigenvalue weighted by molar-refractivity contribution is 5.21. The average molecular weight is 318 g/mol. The molecule has 2 aromatic rings. The van der Waals surface area contributed by atoms with E-state index in [-0.39, 0.29) is 11.9 Å². The SMILES string of the molecule is COCCn1cc(CN2CCNCC2c2cccc(F)c2)cn1. The maximum atomic E-state index is 13.5. The van der Waals surface area contributed by atoms with E-state index in [9.17, 15) is 4.39 Å². The van der Waals surface area contributed by atoms with Gasteiger partial charge in [-0.25, -0.2) is 4.39 Å². The average Bonchev–Trinajstić information content (AvgIpc) is 3.01. The van der Waals surface area contributed by atoms with Crippen LogP contribution in [0.25, 0.3) is 0 Å². The summed E-state index contributed by atoms with van der Waals surface area (Å²) in [6, 6.07) is 7.08. The van der Waals surface area contributed by atoms with Gasteiger partial charge in [0.1, 0.15) is 5.82 Å². The number of benzene rings is 1. The van der Waals surface area contributed by atoms with Crippen LogP contribution in [0.15, 0.2) is 36.7 Å². The minimum atomic E-state index is -0.180. The summed E-state index contributed by atoms with van der Waals surface area (Å²) in [5.74, 6) is -0.180. The molecule has 23 heavy (non-hydrogen) atoms. The molecule has 1 N–H and O–H groups in total. The van der Waals surface area contributed by atoms with Gasteiger partial charge in [0, 0.05) is 51.1 Å². The Hall–Kier alpha value is -1.76. The molecular weight excluding hydrogens is 295 g/mol. The normalized spacial score (nSPS) is 19.1. The number of halogens is 1. The first-order chi connectivity index (χ1) is 11.3. The van der Waals surface area contributed by atoms with Gasteiger partial charge >= 0.3 is 0 Å². The Labute approximate surface area is 136 Å². The number of ether oxygens (including phenoxy) is 1. The summed E-state index contributed by atoms with van der Waals surface area (Å²) in [5.41, 5.74) is 2.19. The van der Waals surface area contributed by atoms with Crippen molar-refractivity contribution in [1.29, 1.82) is 0 Å². The number of nitrogens with zero attached hydrogens (tertiary/aromatic N) is 3. The van der Waals surface area contributed by atoms with Gasteiger partial charge in [-0.2, -0.15) is 5.10 Å². The largest absolute Gasteiger partial charge is 0.383 e. The van der Waals surface area contributed by atoms with E-state index in [0.717, 1.165) is 38.3 Å². The molecule has 124 valence electrons.